The van der Waals surface area contributed by atoms with Crippen molar-refractivity contribution in [1.29, 1.82) is 0 Å². The van der Waals surface area contributed by atoms with E-state index in [2.05, 4.69) is 15.7 Å². The second kappa shape index (κ2) is 10.4. The summed E-state index contributed by atoms with van der Waals surface area (Å²) in [5, 5.41) is 8.87. The molecule has 172 valence electrons. The number of alkyl halides is 2. The number of halogens is 2. The van der Waals surface area contributed by atoms with Crippen LogP contribution in [0.4, 0.5) is 8.78 Å². The Hall–Kier alpha value is -3.52. The van der Waals surface area contributed by atoms with Crippen LogP contribution < -0.4 is 9.47 Å². The lowest BCUT2D eigenvalue weighted by Crippen LogP contribution is -2.32. The first-order chi connectivity index (χ1) is 16.0. The average molecular weight is 454 g/mol. The number of carbonyl (C=O) groups is 1. The summed E-state index contributed by atoms with van der Waals surface area (Å²) in [6.07, 6.45) is 0.933. The molecule has 0 bridgehead atoms. The quantitative estimate of drug-likeness (QED) is 0.503. The second-order valence-electron chi connectivity index (χ2n) is 7.81. The molecule has 0 radical (unpaired) electrons. The Morgan fingerprint density at radius 3 is 2.67 bits per heavy atom. The van der Waals surface area contributed by atoms with E-state index in [1.807, 2.05) is 30.3 Å². The van der Waals surface area contributed by atoms with E-state index >= 15 is 0 Å². The number of carboxylic acid groups (broad SMARTS) is 1. The Morgan fingerprint density at radius 1 is 1.09 bits per heavy atom. The van der Waals surface area contributed by atoms with Crippen LogP contribution in [0.2, 0.25) is 0 Å². The van der Waals surface area contributed by atoms with E-state index in [0.29, 0.717) is 18.8 Å². The van der Waals surface area contributed by atoms with Crippen molar-refractivity contribution in [3.05, 3.63) is 77.5 Å². The maximum absolute atomic E-state index is 12.4. The van der Waals surface area contributed by atoms with Crippen molar-refractivity contribution in [2.45, 2.75) is 32.6 Å². The monoisotopic (exact) mass is 454 g/mol. The maximum Gasteiger partial charge on any atom is 0.387 e. The molecule has 3 aromatic rings. The highest BCUT2D eigenvalue weighted by Crippen LogP contribution is 2.25. The fraction of sp³-hybridized carbons (Fsp3) is 0.280. The number of hydrogen-bond donors (Lipinski definition) is 1. The van der Waals surface area contributed by atoms with Gasteiger partial charge in [0, 0.05) is 37.3 Å². The molecule has 1 aliphatic rings. The summed E-state index contributed by atoms with van der Waals surface area (Å²) in [5.74, 6) is -0.0214. The van der Waals surface area contributed by atoms with Crippen LogP contribution in [0.25, 0.3) is 11.3 Å². The number of nitrogens with zero attached hydrogens (tertiary/aromatic N) is 2. The summed E-state index contributed by atoms with van der Waals surface area (Å²) in [5.41, 5.74) is 4.74. The van der Waals surface area contributed by atoms with Gasteiger partial charge in [-0.25, -0.2) is 0 Å². The number of aliphatic carboxylic acids is 1. The van der Waals surface area contributed by atoms with Gasteiger partial charge in [0.05, 0.1) is 12.1 Å². The van der Waals surface area contributed by atoms with Crippen LogP contribution in [0.15, 0.2) is 60.7 Å². The highest BCUT2D eigenvalue weighted by atomic mass is 19.3. The number of benzene rings is 2. The third-order valence-corrected chi connectivity index (χ3v) is 5.45. The Morgan fingerprint density at radius 2 is 1.91 bits per heavy atom. The molecule has 2 aromatic carbocycles. The lowest BCUT2D eigenvalue weighted by Gasteiger charge is -2.27. The van der Waals surface area contributed by atoms with Gasteiger partial charge in [-0.15, -0.1) is 0 Å². The van der Waals surface area contributed by atoms with Gasteiger partial charge in [-0.1, -0.05) is 18.2 Å². The number of pyridine rings is 1. The molecule has 33 heavy (non-hydrogen) atoms. The molecule has 2 heterocycles. The van der Waals surface area contributed by atoms with Crippen LogP contribution in [-0.2, 0) is 24.4 Å². The Balaban J connectivity index is 1.36. The van der Waals surface area contributed by atoms with Crippen LogP contribution in [0, 0.1) is 0 Å². The van der Waals surface area contributed by atoms with Crippen molar-refractivity contribution in [3.63, 3.8) is 0 Å². The highest BCUT2D eigenvalue weighted by Gasteiger charge is 2.18. The third kappa shape index (κ3) is 6.26. The van der Waals surface area contributed by atoms with Crippen LogP contribution in [0.5, 0.6) is 11.5 Å². The summed E-state index contributed by atoms with van der Waals surface area (Å²) in [4.78, 5) is 17.7. The van der Waals surface area contributed by atoms with Crippen LogP contribution >= 0.6 is 0 Å². The van der Waals surface area contributed by atoms with Crippen molar-refractivity contribution in [2.75, 3.05) is 13.1 Å². The number of fused-ring (bicyclic) bond motifs is 1. The molecule has 8 heteroatoms. The van der Waals surface area contributed by atoms with E-state index < -0.39 is 12.6 Å². The normalized spacial score (nSPS) is 13.5. The molecule has 1 aromatic heterocycles. The first-order valence-corrected chi connectivity index (χ1v) is 10.7. The summed E-state index contributed by atoms with van der Waals surface area (Å²) < 4.78 is 34.9. The first kappa shape index (κ1) is 22.7. The zero-order valence-electron chi connectivity index (χ0n) is 17.9. The number of hydrogen-bond acceptors (Lipinski definition) is 5. The summed E-state index contributed by atoms with van der Waals surface area (Å²) in [6, 6.07) is 18.0. The molecule has 0 atom stereocenters. The van der Waals surface area contributed by atoms with Gasteiger partial charge < -0.3 is 14.6 Å². The summed E-state index contributed by atoms with van der Waals surface area (Å²) in [7, 11) is 0. The molecule has 0 saturated carbocycles. The topological polar surface area (TPSA) is 71.9 Å². The van der Waals surface area contributed by atoms with Gasteiger partial charge >= 0.3 is 12.6 Å². The van der Waals surface area contributed by atoms with E-state index in [1.54, 1.807) is 12.1 Å². The molecule has 1 aliphatic heterocycles. The molecular formula is C25H24F2N2O4. The number of ether oxygens (including phenoxy) is 2. The van der Waals surface area contributed by atoms with Crippen molar-refractivity contribution in [1.82, 2.24) is 9.88 Å². The molecule has 0 aliphatic carbocycles. The minimum absolute atomic E-state index is 0.102. The predicted octanol–water partition coefficient (Wildman–Crippen LogP) is 4.76. The van der Waals surface area contributed by atoms with Gasteiger partial charge in [0.1, 0.15) is 18.1 Å². The third-order valence-electron chi connectivity index (χ3n) is 5.45. The minimum Gasteiger partial charge on any atom is -0.489 e. The summed E-state index contributed by atoms with van der Waals surface area (Å²) >= 11 is 0. The van der Waals surface area contributed by atoms with Crippen molar-refractivity contribution in [2.24, 2.45) is 0 Å². The van der Waals surface area contributed by atoms with E-state index in [4.69, 9.17) is 14.8 Å². The lowest BCUT2D eigenvalue weighted by atomic mass is 10.0. The van der Waals surface area contributed by atoms with E-state index in [0.717, 1.165) is 41.0 Å². The van der Waals surface area contributed by atoms with Gasteiger partial charge in [0.15, 0.2) is 0 Å². The molecule has 6 nitrogen and oxygen atoms in total. The molecular weight excluding hydrogens is 430 g/mol. The first-order valence-electron chi connectivity index (χ1n) is 10.7. The van der Waals surface area contributed by atoms with Crippen LogP contribution in [0.1, 0.15) is 23.2 Å². The SMILES string of the molecule is O=C(O)CCN1CCc2nc(-c3ccc(OCc4cccc(OC(F)F)c4)cc3)ccc2C1. The molecule has 0 saturated heterocycles. The zero-order chi connectivity index (χ0) is 23.2. The fourth-order valence-electron chi connectivity index (χ4n) is 3.78. The molecule has 4 rings (SSSR count). The lowest BCUT2D eigenvalue weighted by molar-refractivity contribution is -0.137. The molecule has 0 amide bonds. The largest absolute Gasteiger partial charge is 0.489 e. The summed E-state index contributed by atoms with van der Waals surface area (Å²) in [6.45, 7) is -0.572. The van der Waals surface area contributed by atoms with Crippen LogP contribution in [0.3, 0.4) is 0 Å². The second-order valence-corrected chi connectivity index (χ2v) is 7.81. The van der Waals surface area contributed by atoms with Crippen molar-refractivity contribution in [3.8, 4) is 22.8 Å². The Kier molecular flexibility index (Phi) is 7.14. The predicted molar refractivity (Wildman–Crippen MR) is 118 cm³/mol. The van der Waals surface area contributed by atoms with Gasteiger partial charge in [-0.3, -0.25) is 14.7 Å². The van der Waals surface area contributed by atoms with E-state index in [9.17, 15) is 13.6 Å². The zero-order valence-corrected chi connectivity index (χ0v) is 17.9. The smallest absolute Gasteiger partial charge is 0.387 e. The molecule has 0 spiro atoms. The standard InChI is InChI=1S/C25H24F2N2O4/c26-25(27)33-21-3-1-2-17(14-21)16-32-20-7-4-18(5-8-20)22-9-6-19-15-29(13-11-24(30)31)12-10-23(19)28-22/h1-9,14,25H,10-13,15-16H2,(H,30,31). The number of aromatic nitrogens is 1. The Labute approximate surface area is 190 Å². The van der Waals surface area contributed by atoms with E-state index in [-0.39, 0.29) is 18.8 Å². The average Bonchev–Trinajstić information content (AvgIpc) is 2.81. The minimum atomic E-state index is -2.86. The number of rotatable bonds is 9. The van der Waals surface area contributed by atoms with Crippen molar-refractivity contribution >= 4 is 5.97 Å². The van der Waals surface area contributed by atoms with Gasteiger partial charge in [-0.2, -0.15) is 8.78 Å². The fourth-order valence-corrected chi connectivity index (χ4v) is 3.78. The molecule has 0 fully saturated rings. The highest BCUT2D eigenvalue weighted by molar-refractivity contribution is 5.66. The van der Waals surface area contributed by atoms with Gasteiger partial charge in [0.25, 0.3) is 0 Å². The maximum atomic E-state index is 12.4. The van der Waals surface area contributed by atoms with E-state index in [1.165, 1.54) is 12.1 Å². The van der Waals surface area contributed by atoms with Crippen LogP contribution in [-0.4, -0.2) is 40.7 Å². The Bertz CT molecular complexity index is 1110. The number of carboxylic acids is 1. The van der Waals surface area contributed by atoms with Crippen molar-refractivity contribution < 1.29 is 28.2 Å². The molecule has 0 unspecified atom stereocenters. The van der Waals surface area contributed by atoms with Gasteiger partial charge in [-0.05, 0) is 53.6 Å². The van der Waals surface area contributed by atoms with Gasteiger partial charge in [0.2, 0.25) is 0 Å². The molecule has 1 N–H and O–H groups in total.